The summed E-state index contributed by atoms with van der Waals surface area (Å²) >= 11 is 0. The summed E-state index contributed by atoms with van der Waals surface area (Å²) in [5.41, 5.74) is -0.00241. The molecule has 0 saturated heterocycles. The van der Waals surface area contributed by atoms with Crippen LogP contribution in [0, 0.1) is 5.92 Å². The molecule has 0 aliphatic rings. The third kappa shape index (κ3) is 5.78. The van der Waals surface area contributed by atoms with Gasteiger partial charge in [0.05, 0.1) is 6.54 Å². The van der Waals surface area contributed by atoms with Crippen molar-refractivity contribution in [3.8, 4) is 0 Å². The number of hydrogen-bond donors (Lipinski definition) is 1. The minimum Gasteiger partial charge on any atom is -0.342 e. The van der Waals surface area contributed by atoms with Crippen LogP contribution in [0.1, 0.15) is 41.5 Å². The highest BCUT2D eigenvalue weighted by atomic mass is 16.2. The first-order valence-electron chi connectivity index (χ1n) is 5.66. The number of amides is 1. The lowest BCUT2D eigenvalue weighted by Crippen LogP contribution is -2.47. The van der Waals surface area contributed by atoms with Crippen molar-refractivity contribution in [2.75, 3.05) is 13.6 Å². The molecular weight excluding hydrogens is 188 g/mol. The highest BCUT2D eigenvalue weighted by molar-refractivity contribution is 5.78. The summed E-state index contributed by atoms with van der Waals surface area (Å²) in [5, 5.41) is 3.21. The van der Waals surface area contributed by atoms with Crippen LogP contribution in [0.3, 0.4) is 0 Å². The molecule has 0 spiro atoms. The summed E-state index contributed by atoms with van der Waals surface area (Å²) < 4.78 is 0. The van der Waals surface area contributed by atoms with Crippen LogP contribution in [-0.2, 0) is 4.79 Å². The Morgan fingerprint density at radius 1 is 1.27 bits per heavy atom. The predicted octanol–water partition coefficient (Wildman–Crippen LogP) is 1.88. The van der Waals surface area contributed by atoms with Crippen molar-refractivity contribution in [2.24, 2.45) is 5.92 Å². The lowest BCUT2D eigenvalue weighted by Gasteiger charge is -2.29. The molecule has 0 aliphatic carbocycles. The fourth-order valence-corrected chi connectivity index (χ4v) is 1.14. The zero-order chi connectivity index (χ0) is 12.2. The standard InChI is InChI=1S/C12H26N2O/c1-9(2)10(3)14(7)11(15)8-13-12(4,5)6/h9-10,13H,8H2,1-7H3. The number of nitrogens with one attached hydrogen (secondary N) is 1. The Hall–Kier alpha value is -0.570. The lowest BCUT2D eigenvalue weighted by molar-refractivity contribution is -0.131. The molecule has 0 aromatic heterocycles. The van der Waals surface area contributed by atoms with Gasteiger partial charge in [0.2, 0.25) is 5.91 Å². The van der Waals surface area contributed by atoms with Crippen molar-refractivity contribution in [1.82, 2.24) is 10.2 Å². The fourth-order valence-electron chi connectivity index (χ4n) is 1.14. The third-order valence-corrected chi connectivity index (χ3v) is 2.74. The van der Waals surface area contributed by atoms with Crippen molar-refractivity contribution in [3.05, 3.63) is 0 Å². The quantitative estimate of drug-likeness (QED) is 0.775. The van der Waals surface area contributed by atoms with E-state index in [0.29, 0.717) is 18.5 Å². The van der Waals surface area contributed by atoms with Crippen LogP contribution in [0.5, 0.6) is 0 Å². The van der Waals surface area contributed by atoms with Gasteiger partial charge in [-0.2, -0.15) is 0 Å². The fraction of sp³-hybridized carbons (Fsp3) is 0.917. The zero-order valence-corrected chi connectivity index (χ0v) is 11.2. The summed E-state index contributed by atoms with van der Waals surface area (Å²) in [5.74, 6) is 0.653. The summed E-state index contributed by atoms with van der Waals surface area (Å²) in [6, 6.07) is 0.291. The molecule has 1 unspecified atom stereocenters. The summed E-state index contributed by atoms with van der Waals surface area (Å²) in [6.07, 6.45) is 0. The van der Waals surface area contributed by atoms with Crippen LogP contribution in [0.4, 0.5) is 0 Å². The van der Waals surface area contributed by atoms with E-state index >= 15 is 0 Å². The van der Waals surface area contributed by atoms with Crippen molar-refractivity contribution in [3.63, 3.8) is 0 Å². The number of carbonyl (C=O) groups is 1. The maximum atomic E-state index is 11.8. The highest BCUT2D eigenvalue weighted by Crippen LogP contribution is 2.08. The SMILES string of the molecule is CC(C)C(C)N(C)C(=O)CNC(C)(C)C. The zero-order valence-electron chi connectivity index (χ0n) is 11.2. The van der Waals surface area contributed by atoms with Gasteiger partial charge in [-0.1, -0.05) is 13.8 Å². The molecule has 0 aliphatic heterocycles. The molecule has 0 saturated carbocycles. The van der Waals surface area contributed by atoms with Gasteiger partial charge in [-0.3, -0.25) is 4.79 Å². The first-order chi connectivity index (χ1) is 6.65. The third-order valence-electron chi connectivity index (χ3n) is 2.74. The Balaban J connectivity index is 4.11. The molecule has 0 aromatic rings. The molecule has 0 fully saturated rings. The molecule has 3 nitrogen and oxygen atoms in total. The molecule has 0 heterocycles. The van der Waals surface area contributed by atoms with Gasteiger partial charge in [-0.05, 0) is 33.6 Å². The minimum absolute atomic E-state index is 0.00241. The molecule has 1 atom stereocenters. The second-order valence-corrected chi connectivity index (χ2v) is 5.59. The van der Waals surface area contributed by atoms with Crippen molar-refractivity contribution in [2.45, 2.75) is 53.1 Å². The molecule has 0 bridgehead atoms. The van der Waals surface area contributed by atoms with E-state index in [9.17, 15) is 4.79 Å². The van der Waals surface area contributed by atoms with Crippen LogP contribution in [0.15, 0.2) is 0 Å². The molecule has 1 N–H and O–H groups in total. The van der Waals surface area contributed by atoms with Crippen LogP contribution >= 0.6 is 0 Å². The van der Waals surface area contributed by atoms with Gasteiger partial charge in [0.15, 0.2) is 0 Å². The number of rotatable bonds is 4. The van der Waals surface area contributed by atoms with Crippen LogP contribution in [0.2, 0.25) is 0 Å². The molecule has 90 valence electrons. The lowest BCUT2D eigenvalue weighted by atomic mass is 10.1. The number of carbonyl (C=O) groups excluding carboxylic acids is 1. The van der Waals surface area contributed by atoms with Crippen molar-refractivity contribution < 1.29 is 4.79 Å². The largest absolute Gasteiger partial charge is 0.342 e. The molecule has 0 rings (SSSR count). The molecule has 15 heavy (non-hydrogen) atoms. The summed E-state index contributed by atoms with van der Waals surface area (Å²) in [6.45, 7) is 12.9. The van der Waals surface area contributed by atoms with Crippen LogP contribution in [0.25, 0.3) is 0 Å². The molecule has 1 amide bonds. The van der Waals surface area contributed by atoms with Crippen LogP contribution < -0.4 is 5.32 Å². The Bertz CT molecular complexity index is 206. The minimum atomic E-state index is -0.00241. The smallest absolute Gasteiger partial charge is 0.236 e. The average molecular weight is 214 g/mol. The molecule has 0 radical (unpaired) electrons. The first-order valence-corrected chi connectivity index (χ1v) is 5.66. The van der Waals surface area contributed by atoms with E-state index in [1.165, 1.54) is 0 Å². The first kappa shape index (κ1) is 14.4. The maximum absolute atomic E-state index is 11.8. The second kappa shape index (κ2) is 5.50. The number of hydrogen-bond acceptors (Lipinski definition) is 2. The monoisotopic (exact) mass is 214 g/mol. The second-order valence-electron chi connectivity index (χ2n) is 5.59. The summed E-state index contributed by atoms with van der Waals surface area (Å²) in [4.78, 5) is 13.6. The van der Waals surface area contributed by atoms with E-state index in [-0.39, 0.29) is 11.4 Å². The van der Waals surface area contributed by atoms with E-state index in [0.717, 1.165) is 0 Å². The number of likely N-dealkylation sites (N-methyl/N-ethyl adjacent to an activating group) is 1. The predicted molar refractivity (Wildman–Crippen MR) is 64.8 cm³/mol. The maximum Gasteiger partial charge on any atom is 0.236 e. The topological polar surface area (TPSA) is 32.3 Å². The van der Waals surface area contributed by atoms with Crippen LogP contribution in [-0.4, -0.2) is 36.0 Å². The van der Waals surface area contributed by atoms with Crippen molar-refractivity contribution in [1.29, 1.82) is 0 Å². The van der Waals surface area contributed by atoms with Gasteiger partial charge >= 0.3 is 0 Å². The van der Waals surface area contributed by atoms with E-state index in [4.69, 9.17) is 0 Å². The Kier molecular flexibility index (Phi) is 5.29. The van der Waals surface area contributed by atoms with Gasteiger partial charge in [-0.25, -0.2) is 0 Å². The highest BCUT2D eigenvalue weighted by Gasteiger charge is 2.19. The molecule has 3 heteroatoms. The normalized spacial score (nSPS) is 14.1. The van der Waals surface area contributed by atoms with E-state index in [1.54, 1.807) is 0 Å². The molecular formula is C12H26N2O. The Morgan fingerprint density at radius 2 is 1.73 bits per heavy atom. The summed E-state index contributed by atoms with van der Waals surface area (Å²) in [7, 11) is 1.87. The number of nitrogens with zero attached hydrogens (tertiary/aromatic N) is 1. The Labute approximate surface area is 94.2 Å². The van der Waals surface area contributed by atoms with Gasteiger partial charge < -0.3 is 10.2 Å². The van der Waals surface area contributed by atoms with E-state index in [2.05, 4.69) is 46.9 Å². The molecule has 0 aromatic carbocycles. The Morgan fingerprint density at radius 3 is 2.07 bits per heavy atom. The van der Waals surface area contributed by atoms with E-state index < -0.39 is 0 Å². The van der Waals surface area contributed by atoms with Crippen molar-refractivity contribution >= 4 is 5.91 Å². The van der Waals surface area contributed by atoms with Gasteiger partial charge in [0.1, 0.15) is 0 Å². The van der Waals surface area contributed by atoms with E-state index in [1.807, 2.05) is 11.9 Å². The van der Waals surface area contributed by atoms with Gasteiger partial charge in [0.25, 0.3) is 0 Å². The average Bonchev–Trinajstić information content (AvgIpc) is 2.10. The van der Waals surface area contributed by atoms with Gasteiger partial charge in [-0.15, -0.1) is 0 Å². The van der Waals surface area contributed by atoms with Gasteiger partial charge in [0, 0.05) is 18.6 Å².